The highest BCUT2D eigenvalue weighted by molar-refractivity contribution is 6.36. The predicted octanol–water partition coefficient (Wildman–Crippen LogP) is 5.18. The van der Waals surface area contributed by atoms with Crippen molar-refractivity contribution in [3.05, 3.63) is 93.5 Å². The highest BCUT2D eigenvalue weighted by Crippen LogP contribution is 2.64. The van der Waals surface area contributed by atoms with Gasteiger partial charge in [0, 0.05) is 17.5 Å². The maximum absolute atomic E-state index is 15.3. The van der Waals surface area contributed by atoms with E-state index in [-0.39, 0.29) is 41.6 Å². The Morgan fingerprint density at radius 1 is 0.941 bits per heavy atom. The normalized spacial score (nSPS) is 26.7. The molecule has 4 amide bonds. The lowest BCUT2D eigenvalue weighted by atomic mass is 9.49. The van der Waals surface area contributed by atoms with Crippen LogP contribution in [0.3, 0.4) is 0 Å². The van der Waals surface area contributed by atoms with Gasteiger partial charge in [-0.15, -0.1) is 0 Å². The van der Waals surface area contributed by atoms with E-state index in [4.69, 9.17) is 32.7 Å². The van der Waals surface area contributed by atoms with Gasteiger partial charge in [-0.25, -0.2) is 0 Å². The van der Waals surface area contributed by atoms with Gasteiger partial charge in [0.25, 0.3) is 11.8 Å². The van der Waals surface area contributed by atoms with Crippen LogP contribution in [0, 0.1) is 23.7 Å². The Bertz CT molecular complexity index is 2020. The Labute approximate surface area is 302 Å². The smallest absolute Gasteiger partial charge is 0.305 e. The summed E-state index contributed by atoms with van der Waals surface area (Å²) in [5, 5.41) is 21.8. The first kappa shape index (κ1) is 34.4. The molecule has 12 nitrogen and oxygen atoms in total. The minimum atomic E-state index is -1.61. The quantitative estimate of drug-likeness (QED) is 0.197. The molecule has 7 rings (SSSR count). The van der Waals surface area contributed by atoms with Crippen molar-refractivity contribution in [3.63, 3.8) is 0 Å². The van der Waals surface area contributed by atoms with E-state index in [0.29, 0.717) is 27.5 Å². The summed E-state index contributed by atoms with van der Waals surface area (Å²) >= 11 is 12.6. The summed E-state index contributed by atoms with van der Waals surface area (Å²) in [6, 6.07) is 16.2. The fraction of sp³-hybridized carbons (Fsp3) is 0.324. The number of hydrazine groups is 1. The highest BCUT2D eigenvalue weighted by atomic mass is 35.5. The number of phenols is 1. The highest BCUT2D eigenvalue weighted by Gasteiger charge is 2.70. The topological polar surface area (TPSA) is 163 Å². The zero-order valence-electron chi connectivity index (χ0n) is 27.5. The van der Waals surface area contributed by atoms with Gasteiger partial charge >= 0.3 is 5.97 Å². The van der Waals surface area contributed by atoms with Gasteiger partial charge in [-0.2, -0.15) is 5.01 Å². The van der Waals surface area contributed by atoms with E-state index >= 15 is 4.79 Å². The van der Waals surface area contributed by atoms with Gasteiger partial charge in [0.15, 0.2) is 11.5 Å². The number of halogens is 2. The lowest BCUT2D eigenvalue weighted by molar-refractivity contribution is -0.143. The second-order valence-electron chi connectivity index (χ2n) is 13.1. The molecule has 0 spiro atoms. The zero-order valence-corrected chi connectivity index (χ0v) is 29.0. The van der Waals surface area contributed by atoms with Crippen LogP contribution in [0.15, 0.2) is 72.3 Å². The Morgan fingerprint density at radius 3 is 2.33 bits per heavy atom. The Balaban J connectivity index is 1.44. The maximum Gasteiger partial charge on any atom is 0.305 e. The van der Waals surface area contributed by atoms with Gasteiger partial charge in [-0.05, 0) is 72.4 Å². The standard InChI is InChI=1S/C37H33Cl2N3O9/c1-50-21-7-4-19(5-8-21)37-25(34(47)42(36(37)49)40-27-11-6-20(38)16-26(27)39)17-24-22(32(37)18-3-12-29(51-2)28(43)15-18)9-10-23-31(24)35(48)41(33(23)46)14-13-30(44)45/h3-9,11-12,15-16,23-25,31-32,40,43H,10,13-14,17H2,1-2H3,(H,44,45). The molecule has 264 valence electrons. The number of ether oxygens (including phenoxy) is 2. The molecule has 14 heteroatoms. The third-order valence-corrected chi connectivity index (χ3v) is 11.3. The number of methoxy groups -OCH3 is 2. The van der Waals surface area contributed by atoms with E-state index in [2.05, 4.69) is 5.43 Å². The summed E-state index contributed by atoms with van der Waals surface area (Å²) in [5.74, 6) is -7.04. The molecule has 3 N–H and O–H groups in total. The van der Waals surface area contributed by atoms with Crippen LogP contribution in [0.25, 0.3) is 0 Å². The van der Waals surface area contributed by atoms with Gasteiger partial charge < -0.3 is 19.7 Å². The lowest BCUT2D eigenvalue weighted by Gasteiger charge is -2.50. The van der Waals surface area contributed by atoms with Crippen molar-refractivity contribution in [2.75, 3.05) is 26.2 Å². The monoisotopic (exact) mass is 733 g/mol. The van der Waals surface area contributed by atoms with Crippen molar-refractivity contribution in [2.45, 2.75) is 30.6 Å². The number of fused-ring (bicyclic) bond motifs is 4. The number of likely N-dealkylation sites (tertiary alicyclic amines) is 1. The number of imide groups is 2. The minimum absolute atomic E-state index is 0.0283. The number of nitrogens with zero attached hydrogens (tertiary/aromatic N) is 2. The Kier molecular flexibility index (Phi) is 8.71. The number of rotatable bonds is 9. The van der Waals surface area contributed by atoms with Crippen molar-refractivity contribution in [1.82, 2.24) is 9.91 Å². The first-order chi connectivity index (χ1) is 24.4. The summed E-state index contributed by atoms with van der Waals surface area (Å²) in [5.41, 5.74) is 3.23. The molecular formula is C37H33Cl2N3O9. The number of carbonyl (C=O) groups is 5. The van der Waals surface area contributed by atoms with E-state index in [0.717, 1.165) is 9.91 Å². The number of aliphatic carboxylic acids is 1. The van der Waals surface area contributed by atoms with Gasteiger partial charge in [0.05, 0.1) is 54.5 Å². The Hall–Kier alpha value is -5.07. The van der Waals surface area contributed by atoms with Gasteiger partial charge in [0.2, 0.25) is 11.8 Å². The number of carbonyl (C=O) groups excluding carboxylic acids is 4. The predicted molar refractivity (Wildman–Crippen MR) is 184 cm³/mol. The third kappa shape index (κ3) is 5.31. The molecule has 2 aliphatic heterocycles. The molecule has 6 atom stereocenters. The molecule has 4 aliphatic rings. The Morgan fingerprint density at radius 2 is 1.69 bits per heavy atom. The average Bonchev–Trinajstić information content (AvgIpc) is 3.48. The first-order valence-corrected chi connectivity index (χ1v) is 17.1. The van der Waals surface area contributed by atoms with E-state index in [9.17, 15) is 29.4 Å². The number of nitrogens with one attached hydrogen (secondary N) is 1. The number of aromatic hydroxyl groups is 1. The van der Waals surface area contributed by atoms with Crippen molar-refractivity contribution < 1.29 is 43.7 Å². The average molecular weight is 735 g/mol. The second kappa shape index (κ2) is 12.9. The fourth-order valence-corrected chi connectivity index (χ4v) is 9.05. The molecule has 2 aliphatic carbocycles. The molecule has 0 bridgehead atoms. The van der Waals surface area contributed by atoms with Gasteiger partial charge in [0.1, 0.15) is 5.75 Å². The number of carboxylic acid groups (broad SMARTS) is 1. The van der Waals surface area contributed by atoms with Crippen molar-refractivity contribution in [1.29, 1.82) is 0 Å². The second-order valence-corrected chi connectivity index (χ2v) is 14.0. The van der Waals surface area contributed by atoms with Crippen LogP contribution in [0.1, 0.15) is 36.3 Å². The van der Waals surface area contributed by atoms with Crippen molar-refractivity contribution >= 4 is 58.5 Å². The fourth-order valence-electron chi connectivity index (χ4n) is 8.60. The molecule has 3 aromatic rings. The van der Waals surface area contributed by atoms with Crippen LogP contribution in [0.4, 0.5) is 5.69 Å². The minimum Gasteiger partial charge on any atom is -0.504 e. The number of hydrogen-bond acceptors (Lipinski definition) is 9. The van der Waals surface area contributed by atoms with E-state index in [1.54, 1.807) is 48.5 Å². The van der Waals surface area contributed by atoms with E-state index < -0.39 is 71.0 Å². The number of carboxylic acids is 1. The summed E-state index contributed by atoms with van der Waals surface area (Å²) in [6.07, 6.45) is 1.66. The lowest BCUT2D eigenvalue weighted by Crippen LogP contribution is -2.53. The van der Waals surface area contributed by atoms with Crippen LogP contribution in [-0.4, -0.2) is 70.5 Å². The maximum atomic E-state index is 15.3. The molecular weight excluding hydrogens is 701 g/mol. The van der Waals surface area contributed by atoms with E-state index in [1.165, 1.54) is 26.4 Å². The third-order valence-electron chi connectivity index (χ3n) is 10.8. The molecule has 3 aromatic carbocycles. The summed E-state index contributed by atoms with van der Waals surface area (Å²) < 4.78 is 10.7. The van der Waals surface area contributed by atoms with Gasteiger partial charge in [-0.1, -0.05) is 53.1 Å². The van der Waals surface area contributed by atoms with Crippen LogP contribution < -0.4 is 14.9 Å². The van der Waals surface area contributed by atoms with Crippen LogP contribution in [-0.2, 0) is 29.4 Å². The van der Waals surface area contributed by atoms with Crippen LogP contribution in [0.5, 0.6) is 17.2 Å². The molecule has 0 radical (unpaired) electrons. The zero-order chi connectivity index (χ0) is 36.4. The molecule has 6 unspecified atom stereocenters. The molecule has 51 heavy (non-hydrogen) atoms. The largest absolute Gasteiger partial charge is 0.504 e. The van der Waals surface area contributed by atoms with Crippen LogP contribution in [0.2, 0.25) is 10.0 Å². The molecule has 3 fully saturated rings. The number of benzene rings is 3. The molecule has 2 saturated heterocycles. The number of amides is 4. The summed E-state index contributed by atoms with van der Waals surface area (Å²) in [6.45, 7) is -0.270. The number of hydrogen-bond donors (Lipinski definition) is 3. The first-order valence-electron chi connectivity index (χ1n) is 16.3. The molecule has 1 saturated carbocycles. The number of anilines is 1. The molecule has 2 heterocycles. The summed E-state index contributed by atoms with van der Waals surface area (Å²) in [4.78, 5) is 70.0. The van der Waals surface area contributed by atoms with Crippen molar-refractivity contribution in [2.24, 2.45) is 23.7 Å². The van der Waals surface area contributed by atoms with Crippen LogP contribution >= 0.6 is 23.2 Å². The van der Waals surface area contributed by atoms with Gasteiger partial charge in [-0.3, -0.25) is 34.3 Å². The summed E-state index contributed by atoms with van der Waals surface area (Å²) in [7, 11) is 2.92. The number of allylic oxidation sites excluding steroid dienone is 2. The molecule has 0 aromatic heterocycles. The van der Waals surface area contributed by atoms with Crippen molar-refractivity contribution in [3.8, 4) is 17.2 Å². The van der Waals surface area contributed by atoms with E-state index in [1.807, 2.05) is 6.08 Å². The number of phenolic OH excluding ortho intramolecular Hbond substituents is 1. The SMILES string of the molecule is COc1ccc(C23C(=O)N(Nc4ccc(Cl)cc4Cl)C(=O)C2CC2C(=CCC4C(=O)N(CCC(=O)O)C(=O)C42)C3c2ccc(OC)c(O)c2)cc1.